The first-order chi connectivity index (χ1) is 10.3. The largest absolute Gasteiger partial charge is 0.417 e. The van der Waals surface area contributed by atoms with Gasteiger partial charge in [-0.15, -0.1) is 0 Å². The summed E-state index contributed by atoms with van der Waals surface area (Å²) in [5, 5.41) is 4.30. The van der Waals surface area contributed by atoms with Crippen molar-refractivity contribution in [3.05, 3.63) is 21.9 Å². The molecule has 0 aliphatic carbocycles. The number of imide groups is 1. The second kappa shape index (κ2) is 6.47. The Bertz CT molecular complexity index is 582. The normalized spacial score (nSPS) is 16.0. The van der Waals surface area contributed by atoms with Gasteiger partial charge in [0.25, 0.3) is 5.91 Å². The van der Waals surface area contributed by atoms with Gasteiger partial charge in [0.2, 0.25) is 11.8 Å². The molecule has 9 heteroatoms. The number of carbonyl (C=O) groups excluding carboxylic acids is 3. The minimum Gasteiger partial charge on any atom is -0.350 e. The molecule has 0 spiro atoms. The van der Waals surface area contributed by atoms with E-state index in [-0.39, 0.29) is 37.7 Å². The van der Waals surface area contributed by atoms with Crippen LogP contribution in [0.2, 0.25) is 0 Å². The Balaban J connectivity index is 1.92. The molecule has 2 heterocycles. The van der Waals surface area contributed by atoms with Crippen LogP contribution in [0.1, 0.15) is 35.2 Å². The lowest BCUT2D eigenvalue weighted by atomic mass is 10.1. The monoisotopic (exact) mass is 334 g/mol. The SMILES string of the molecule is O=C(NCCN1C(=O)CCCC1=O)c1cscc1C(F)(F)F. The average molecular weight is 334 g/mol. The third-order valence-electron chi connectivity index (χ3n) is 3.22. The van der Waals surface area contributed by atoms with Gasteiger partial charge in [-0.1, -0.05) is 0 Å². The maximum Gasteiger partial charge on any atom is 0.417 e. The van der Waals surface area contributed by atoms with Crippen LogP contribution in [0.25, 0.3) is 0 Å². The molecule has 22 heavy (non-hydrogen) atoms. The number of alkyl halides is 3. The van der Waals surface area contributed by atoms with E-state index in [1.165, 1.54) is 0 Å². The molecule has 1 N–H and O–H groups in total. The highest BCUT2D eigenvalue weighted by Crippen LogP contribution is 2.34. The summed E-state index contributed by atoms with van der Waals surface area (Å²) in [6.45, 7) is -0.113. The lowest BCUT2D eigenvalue weighted by Crippen LogP contribution is -2.44. The zero-order valence-electron chi connectivity index (χ0n) is 11.4. The van der Waals surface area contributed by atoms with Crippen LogP contribution in [-0.2, 0) is 15.8 Å². The van der Waals surface area contributed by atoms with Crippen LogP contribution in [0.4, 0.5) is 13.2 Å². The summed E-state index contributed by atoms with van der Waals surface area (Å²) in [7, 11) is 0. The summed E-state index contributed by atoms with van der Waals surface area (Å²) in [4.78, 5) is 35.9. The summed E-state index contributed by atoms with van der Waals surface area (Å²) in [5.74, 6) is -1.51. The molecule has 0 unspecified atom stereocenters. The summed E-state index contributed by atoms with van der Waals surface area (Å²) >= 11 is 0.784. The zero-order valence-corrected chi connectivity index (χ0v) is 12.2. The fourth-order valence-electron chi connectivity index (χ4n) is 2.12. The standard InChI is InChI=1S/C13H13F3N2O3S/c14-13(15,16)9-7-22-6-8(9)12(21)17-4-5-18-10(19)2-1-3-11(18)20/h6-7H,1-5H2,(H,17,21). The fraction of sp³-hybridized carbons (Fsp3) is 0.462. The molecule has 0 aromatic carbocycles. The van der Waals surface area contributed by atoms with Crippen LogP contribution in [0.3, 0.4) is 0 Å². The average Bonchev–Trinajstić information content (AvgIpc) is 2.91. The van der Waals surface area contributed by atoms with Crippen molar-refractivity contribution in [2.45, 2.75) is 25.4 Å². The van der Waals surface area contributed by atoms with E-state index < -0.39 is 23.2 Å². The number of thiophene rings is 1. The van der Waals surface area contributed by atoms with Gasteiger partial charge in [-0.05, 0) is 6.42 Å². The number of amides is 3. The number of nitrogens with one attached hydrogen (secondary N) is 1. The molecule has 1 aromatic heterocycles. The molecule has 0 radical (unpaired) electrons. The maximum absolute atomic E-state index is 12.7. The quantitative estimate of drug-likeness (QED) is 0.857. The number of carbonyl (C=O) groups is 3. The van der Waals surface area contributed by atoms with Crippen molar-refractivity contribution >= 4 is 29.1 Å². The Kier molecular flexibility index (Phi) is 4.84. The van der Waals surface area contributed by atoms with E-state index in [0.29, 0.717) is 6.42 Å². The van der Waals surface area contributed by atoms with E-state index in [9.17, 15) is 27.6 Å². The highest BCUT2D eigenvalue weighted by Gasteiger charge is 2.36. The van der Waals surface area contributed by atoms with Crippen molar-refractivity contribution in [1.82, 2.24) is 10.2 Å². The first-order valence-electron chi connectivity index (χ1n) is 6.55. The molecule has 1 saturated heterocycles. The van der Waals surface area contributed by atoms with Crippen LogP contribution in [0, 0.1) is 0 Å². The second-order valence-corrected chi connectivity index (χ2v) is 5.49. The third-order valence-corrected chi connectivity index (χ3v) is 3.96. The molecule has 3 amide bonds. The first-order valence-corrected chi connectivity index (χ1v) is 7.49. The number of rotatable bonds is 4. The van der Waals surface area contributed by atoms with E-state index in [1.807, 2.05) is 0 Å². The van der Waals surface area contributed by atoms with Crippen molar-refractivity contribution < 1.29 is 27.6 Å². The van der Waals surface area contributed by atoms with Gasteiger partial charge in [0, 0.05) is 36.7 Å². The van der Waals surface area contributed by atoms with Gasteiger partial charge in [0.15, 0.2) is 0 Å². The summed E-state index contributed by atoms with van der Waals surface area (Å²) in [5.41, 5.74) is -1.44. The number of hydrogen-bond acceptors (Lipinski definition) is 4. The Labute approximate surface area is 128 Å². The van der Waals surface area contributed by atoms with Gasteiger partial charge in [-0.2, -0.15) is 24.5 Å². The predicted octanol–water partition coefficient (Wildman–Crippen LogP) is 2.04. The molecule has 0 saturated carbocycles. The number of likely N-dealkylation sites (tertiary alicyclic amines) is 1. The van der Waals surface area contributed by atoms with Crippen molar-refractivity contribution in [1.29, 1.82) is 0 Å². The molecule has 0 atom stereocenters. The van der Waals surface area contributed by atoms with Gasteiger partial charge >= 0.3 is 6.18 Å². The van der Waals surface area contributed by atoms with E-state index in [0.717, 1.165) is 27.0 Å². The molecule has 1 aromatic rings. The van der Waals surface area contributed by atoms with Gasteiger partial charge in [0.05, 0.1) is 11.1 Å². The molecule has 120 valence electrons. The minimum atomic E-state index is -4.59. The van der Waals surface area contributed by atoms with Crippen LogP contribution in [-0.4, -0.2) is 35.7 Å². The number of piperidine rings is 1. The van der Waals surface area contributed by atoms with Crippen LogP contribution in [0.15, 0.2) is 10.8 Å². The Morgan fingerprint density at radius 2 is 1.86 bits per heavy atom. The molecular formula is C13H13F3N2O3S. The molecular weight excluding hydrogens is 321 g/mol. The van der Waals surface area contributed by atoms with E-state index >= 15 is 0 Å². The lowest BCUT2D eigenvalue weighted by Gasteiger charge is -2.24. The molecule has 2 rings (SSSR count). The summed E-state index contributed by atoms with van der Waals surface area (Å²) in [6, 6.07) is 0. The molecule has 0 bridgehead atoms. The van der Waals surface area contributed by atoms with Gasteiger partial charge in [-0.3, -0.25) is 19.3 Å². The van der Waals surface area contributed by atoms with Crippen LogP contribution < -0.4 is 5.32 Å². The molecule has 1 aliphatic heterocycles. The zero-order chi connectivity index (χ0) is 16.3. The first kappa shape index (κ1) is 16.5. The van der Waals surface area contributed by atoms with Gasteiger partial charge < -0.3 is 5.32 Å². The van der Waals surface area contributed by atoms with Gasteiger partial charge in [-0.25, -0.2) is 0 Å². The summed E-state index contributed by atoms with van der Waals surface area (Å²) in [6.07, 6.45) is -3.55. The Hall–Kier alpha value is -1.90. The van der Waals surface area contributed by atoms with Crippen molar-refractivity contribution in [3.63, 3.8) is 0 Å². The van der Waals surface area contributed by atoms with E-state index in [2.05, 4.69) is 5.32 Å². The topological polar surface area (TPSA) is 66.5 Å². The fourth-order valence-corrected chi connectivity index (χ4v) is 2.95. The molecule has 1 aliphatic rings. The smallest absolute Gasteiger partial charge is 0.350 e. The minimum absolute atomic E-state index is 0.0328. The Morgan fingerprint density at radius 3 is 2.45 bits per heavy atom. The molecule has 1 fully saturated rings. The second-order valence-electron chi connectivity index (χ2n) is 4.75. The summed E-state index contributed by atoms with van der Waals surface area (Å²) < 4.78 is 38.1. The maximum atomic E-state index is 12.7. The predicted molar refractivity (Wildman–Crippen MR) is 72.2 cm³/mol. The van der Waals surface area contributed by atoms with Crippen molar-refractivity contribution in [2.24, 2.45) is 0 Å². The highest BCUT2D eigenvalue weighted by molar-refractivity contribution is 7.08. The van der Waals surface area contributed by atoms with Crippen molar-refractivity contribution in [3.8, 4) is 0 Å². The highest BCUT2D eigenvalue weighted by atomic mass is 32.1. The van der Waals surface area contributed by atoms with Crippen LogP contribution >= 0.6 is 11.3 Å². The number of nitrogens with zero attached hydrogens (tertiary/aromatic N) is 1. The van der Waals surface area contributed by atoms with E-state index in [1.54, 1.807) is 0 Å². The third kappa shape index (κ3) is 3.65. The van der Waals surface area contributed by atoms with E-state index in [4.69, 9.17) is 0 Å². The van der Waals surface area contributed by atoms with Crippen molar-refractivity contribution in [2.75, 3.05) is 13.1 Å². The van der Waals surface area contributed by atoms with Crippen LogP contribution in [0.5, 0.6) is 0 Å². The van der Waals surface area contributed by atoms with Gasteiger partial charge in [0.1, 0.15) is 0 Å². The molecule has 5 nitrogen and oxygen atoms in total. The number of hydrogen-bond donors (Lipinski definition) is 1. The number of halogens is 3. The Morgan fingerprint density at radius 1 is 1.23 bits per heavy atom. The lowest BCUT2D eigenvalue weighted by molar-refractivity contribution is -0.147.